The van der Waals surface area contributed by atoms with Crippen molar-refractivity contribution in [2.45, 2.75) is 6.42 Å². The molecule has 0 aromatic carbocycles. The van der Waals surface area contributed by atoms with Gasteiger partial charge < -0.3 is 14.7 Å². The molecule has 2 aliphatic rings. The van der Waals surface area contributed by atoms with Crippen LogP contribution in [0.25, 0.3) is 0 Å². The minimum absolute atomic E-state index is 0.0874. The molecule has 1 atom stereocenters. The number of carbonyl (C=O) groups is 1. The second-order valence-corrected chi connectivity index (χ2v) is 4.45. The predicted molar refractivity (Wildman–Crippen MR) is 59.0 cm³/mol. The van der Waals surface area contributed by atoms with E-state index in [9.17, 15) is 4.79 Å². The molecule has 1 amide bonds. The molecular formula is C11H20N2O3. The summed E-state index contributed by atoms with van der Waals surface area (Å²) < 4.78 is 5.24. The molecule has 16 heavy (non-hydrogen) atoms. The Hall–Kier alpha value is -0.650. The third-order valence-electron chi connectivity index (χ3n) is 3.38. The van der Waals surface area contributed by atoms with Gasteiger partial charge in [0.15, 0.2) is 0 Å². The Morgan fingerprint density at radius 1 is 1.31 bits per heavy atom. The van der Waals surface area contributed by atoms with E-state index < -0.39 is 0 Å². The summed E-state index contributed by atoms with van der Waals surface area (Å²) in [4.78, 5) is 16.2. The fraction of sp³-hybridized carbons (Fsp3) is 0.909. The van der Waals surface area contributed by atoms with Crippen LogP contribution in [-0.4, -0.2) is 73.4 Å². The minimum atomic E-state index is 0.0874. The summed E-state index contributed by atoms with van der Waals surface area (Å²) in [5, 5.41) is 8.83. The first-order valence-electron chi connectivity index (χ1n) is 6.01. The van der Waals surface area contributed by atoms with E-state index in [4.69, 9.17) is 9.84 Å². The lowest BCUT2D eigenvalue weighted by Gasteiger charge is -2.35. The van der Waals surface area contributed by atoms with Gasteiger partial charge in [-0.25, -0.2) is 0 Å². The molecule has 5 heteroatoms. The maximum absolute atomic E-state index is 12.0. The number of aliphatic hydroxyl groups excluding tert-OH is 1. The zero-order valence-corrected chi connectivity index (χ0v) is 9.60. The van der Waals surface area contributed by atoms with E-state index in [1.54, 1.807) is 0 Å². The number of amides is 1. The van der Waals surface area contributed by atoms with Gasteiger partial charge in [0.2, 0.25) is 5.91 Å². The summed E-state index contributed by atoms with van der Waals surface area (Å²) >= 11 is 0. The quantitative estimate of drug-likeness (QED) is 0.684. The molecule has 0 aliphatic carbocycles. The summed E-state index contributed by atoms with van der Waals surface area (Å²) in [6, 6.07) is 0. The molecule has 2 heterocycles. The first-order chi connectivity index (χ1) is 7.81. The second kappa shape index (κ2) is 5.61. The van der Waals surface area contributed by atoms with Crippen LogP contribution in [0.1, 0.15) is 6.42 Å². The molecule has 0 unspecified atom stereocenters. The highest BCUT2D eigenvalue weighted by Crippen LogP contribution is 2.16. The van der Waals surface area contributed by atoms with Crippen molar-refractivity contribution >= 4 is 5.91 Å². The molecule has 0 saturated carbocycles. The molecule has 2 saturated heterocycles. The van der Waals surface area contributed by atoms with Crippen molar-refractivity contribution in [2.24, 2.45) is 5.92 Å². The summed E-state index contributed by atoms with van der Waals surface area (Å²) in [5.41, 5.74) is 0. The summed E-state index contributed by atoms with van der Waals surface area (Å²) in [5.74, 6) is 0.338. The fourth-order valence-corrected chi connectivity index (χ4v) is 2.32. The molecule has 1 N–H and O–H groups in total. The Bertz CT molecular complexity index is 233. The second-order valence-electron chi connectivity index (χ2n) is 4.45. The van der Waals surface area contributed by atoms with E-state index in [0.717, 1.165) is 39.2 Å². The third kappa shape index (κ3) is 2.72. The summed E-state index contributed by atoms with van der Waals surface area (Å²) in [7, 11) is 0. The van der Waals surface area contributed by atoms with Crippen LogP contribution in [0.15, 0.2) is 0 Å². The van der Waals surface area contributed by atoms with E-state index in [1.165, 1.54) is 0 Å². The number of carbonyl (C=O) groups excluding carboxylic acids is 1. The predicted octanol–water partition coefficient (Wildman–Crippen LogP) is -0.841. The van der Waals surface area contributed by atoms with Gasteiger partial charge >= 0.3 is 0 Å². The molecule has 0 bridgehead atoms. The van der Waals surface area contributed by atoms with Crippen molar-refractivity contribution in [1.82, 2.24) is 9.80 Å². The van der Waals surface area contributed by atoms with E-state index in [0.29, 0.717) is 13.2 Å². The molecule has 5 nitrogen and oxygen atoms in total. The van der Waals surface area contributed by atoms with Gasteiger partial charge in [-0.2, -0.15) is 0 Å². The number of ether oxygens (including phenoxy) is 1. The summed E-state index contributed by atoms with van der Waals surface area (Å²) in [6.45, 7) is 5.56. The topological polar surface area (TPSA) is 53.0 Å². The normalized spacial score (nSPS) is 27.3. The highest BCUT2D eigenvalue weighted by atomic mass is 16.5. The molecular weight excluding hydrogens is 208 g/mol. The molecule has 0 spiro atoms. The van der Waals surface area contributed by atoms with Crippen LogP contribution in [0.3, 0.4) is 0 Å². The van der Waals surface area contributed by atoms with Gasteiger partial charge in [0, 0.05) is 39.3 Å². The summed E-state index contributed by atoms with van der Waals surface area (Å²) in [6.07, 6.45) is 0.871. The van der Waals surface area contributed by atoms with Crippen molar-refractivity contribution in [3.8, 4) is 0 Å². The number of hydrogen-bond acceptors (Lipinski definition) is 4. The van der Waals surface area contributed by atoms with Gasteiger partial charge in [-0.1, -0.05) is 0 Å². The van der Waals surface area contributed by atoms with Crippen molar-refractivity contribution in [2.75, 3.05) is 52.5 Å². The molecule has 2 rings (SSSR count). The van der Waals surface area contributed by atoms with Crippen molar-refractivity contribution < 1.29 is 14.6 Å². The maximum Gasteiger partial charge on any atom is 0.228 e. The molecule has 0 aromatic rings. The number of aliphatic hydroxyl groups is 1. The number of hydrogen-bond donors (Lipinski definition) is 1. The van der Waals surface area contributed by atoms with Gasteiger partial charge in [-0.05, 0) is 6.42 Å². The number of piperazine rings is 1. The van der Waals surface area contributed by atoms with Crippen LogP contribution in [0.2, 0.25) is 0 Å². The van der Waals surface area contributed by atoms with E-state index >= 15 is 0 Å². The highest BCUT2D eigenvalue weighted by molar-refractivity contribution is 5.79. The number of nitrogens with zero attached hydrogens (tertiary/aromatic N) is 2. The van der Waals surface area contributed by atoms with Crippen molar-refractivity contribution in [1.29, 1.82) is 0 Å². The first-order valence-corrected chi connectivity index (χ1v) is 6.01. The monoisotopic (exact) mass is 228 g/mol. The Balaban J connectivity index is 1.77. The van der Waals surface area contributed by atoms with Crippen LogP contribution in [0, 0.1) is 5.92 Å². The zero-order chi connectivity index (χ0) is 11.4. The van der Waals surface area contributed by atoms with Crippen molar-refractivity contribution in [3.05, 3.63) is 0 Å². The smallest absolute Gasteiger partial charge is 0.228 e. The van der Waals surface area contributed by atoms with Crippen LogP contribution in [-0.2, 0) is 9.53 Å². The van der Waals surface area contributed by atoms with Gasteiger partial charge in [-0.15, -0.1) is 0 Å². The Morgan fingerprint density at radius 2 is 2.06 bits per heavy atom. The average Bonchev–Trinajstić information content (AvgIpc) is 2.83. The molecule has 92 valence electrons. The first kappa shape index (κ1) is 11.8. The maximum atomic E-state index is 12.0. The van der Waals surface area contributed by atoms with Crippen LogP contribution >= 0.6 is 0 Å². The molecule has 2 fully saturated rings. The van der Waals surface area contributed by atoms with Crippen LogP contribution in [0.5, 0.6) is 0 Å². The van der Waals surface area contributed by atoms with Gasteiger partial charge in [0.1, 0.15) is 0 Å². The number of β-amino-alcohol motifs (C(OH)–C–C–N with tert-alkyl or cyclic N) is 1. The number of rotatable bonds is 3. The molecule has 0 aromatic heterocycles. The lowest BCUT2D eigenvalue weighted by atomic mass is 10.1. The highest BCUT2D eigenvalue weighted by Gasteiger charge is 2.29. The third-order valence-corrected chi connectivity index (χ3v) is 3.38. The van der Waals surface area contributed by atoms with E-state index in [2.05, 4.69) is 4.90 Å². The largest absolute Gasteiger partial charge is 0.395 e. The standard InChI is InChI=1S/C11H20N2O3/c14-7-6-12-2-4-13(5-3-12)11(15)10-1-8-16-9-10/h10,14H,1-9H2/t10-/m1/s1. The average molecular weight is 228 g/mol. The molecule has 2 aliphatic heterocycles. The van der Waals surface area contributed by atoms with Gasteiger partial charge in [0.05, 0.1) is 19.1 Å². The lowest BCUT2D eigenvalue weighted by molar-refractivity contribution is -0.137. The lowest BCUT2D eigenvalue weighted by Crippen LogP contribution is -2.50. The van der Waals surface area contributed by atoms with Crippen LogP contribution < -0.4 is 0 Å². The Labute approximate surface area is 96.0 Å². The van der Waals surface area contributed by atoms with Crippen LogP contribution in [0.4, 0.5) is 0 Å². The van der Waals surface area contributed by atoms with E-state index in [-0.39, 0.29) is 18.4 Å². The SMILES string of the molecule is O=C([C@@H]1CCOC1)N1CCN(CCO)CC1. The minimum Gasteiger partial charge on any atom is -0.395 e. The molecule has 0 radical (unpaired) electrons. The Kier molecular flexibility index (Phi) is 4.15. The Morgan fingerprint density at radius 3 is 2.62 bits per heavy atom. The van der Waals surface area contributed by atoms with Gasteiger partial charge in [-0.3, -0.25) is 9.69 Å². The van der Waals surface area contributed by atoms with Crippen molar-refractivity contribution in [3.63, 3.8) is 0 Å². The fourth-order valence-electron chi connectivity index (χ4n) is 2.32. The zero-order valence-electron chi connectivity index (χ0n) is 9.60. The van der Waals surface area contributed by atoms with Gasteiger partial charge in [0.25, 0.3) is 0 Å². The van der Waals surface area contributed by atoms with E-state index in [1.807, 2.05) is 4.90 Å².